The molecule has 0 aliphatic heterocycles. The zero-order chi connectivity index (χ0) is 18.8. The van der Waals surface area contributed by atoms with Gasteiger partial charge in [0, 0.05) is 11.5 Å². The fourth-order valence-electron chi connectivity index (χ4n) is 3.03. The molecule has 4 rings (SSSR count). The molecule has 0 saturated carbocycles. The molecule has 0 amide bonds. The van der Waals surface area contributed by atoms with Crippen LogP contribution in [0.25, 0.3) is 22.4 Å². The Kier molecular flexibility index (Phi) is 4.37. The number of hydrogen-bond donors (Lipinski definition) is 0. The maximum Gasteiger partial charge on any atom is 0.201 e. The molecule has 27 heavy (non-hydrogen) atoms. The number of rotatable bonds is 5. The molecule has 8 heteroatoms. The highest BCUT2D eigenvalue weighted by Gasteiger charge is 2.17. The number of aryl methyl sites for hydroxylation is 1. The lowest BCUT2D eigenvalue weighted by molar-refractivity contribution is 0.356. The molecule has 4 aromatic rings. The zero-order valence-corrected chi connectivity index (χ0v) is 15.2. The number of methoxy groups -OCH3 is 2. The Morgan fingerprint density at radius 3 is 2.59 bits per heavy atom. The van der Waals surface area contributed by atoms with Gasteiger partial charge in [0.1, 0.15) is 12.0 Å². The molecule has 0 spiro atoms. The molecule has 136 valence electrons. The highest BCUT2D eigenvalue weighted by atomic mass is 16.5. The summed E-state index contributed by atoms with van der Waals surface area (Å²) in [4.78, 5) is 8.77. The molecule has 0 saturated heterocycles. The van der Waals surface area contributed by atoms with Gasteiger partial charge in [-0.3, -0.25) is 0 Å². The van der Waals surface area contributed by atoms with Gasteiger partial charge in [0.15, 0.2) is 11.5 Å². The smallest absolute Gasteiger partial charge is 0.201 e. The number of fused-ring (bicyclic) bond motifs is 1. The molecule has 0 aliphatic rings. The number of hydrogen-bond acceptors (Lipinski definition) is 7. The minimum Gasteiger partial charge on any atom is -0.493 e. The van der Waals surface area contributed by atoms with Crippen LogP contribution in [-0.4, -0.2) is 44.4 Å². The molecule has 2 aromatic carbocycles. The summed E-state index contributed by atoms with van der Waals surface area (Å²) in [5.74, 6) is 1.77. The van der Waals surface area contributed by atoms with Gasteiger partial charge in [0.25, 0.3) is 0 Å². The molecular weight excluding hydrogens is 344 g/mol. The Bertz CT molecular complexity index is 1110. The molecule has 2 aromatic heterocycles. The second-order valence-electron chi connectivity index (χ2n) is 6.10. The summed E-state index contributed by atoms with van der Waals surface area (Å²) in [5, 5.41) is 13.0. The third-order valence-corrected chi connectivity index (χ3v) is 4.30. The van der Waals surface area contributed by atoms with Crippen LogP contribution in [0.5, 0.6) is 11.5 Å². The first-order valence-corrected chi connectivity index (χ1v) is 8.38. The maximum atomic E-state index is 5.42. The van der Waals surface area contributed by atoms with E-state index in [0.717, 1.165) is 16.5 Å². The van der Waals surface area contributed by atoms with Crippen molar-refractivity contribution in [1.29, 1.82) is 0 Å². The summed E-state index contributed by atoms with van der Waals surface area (Å²) in [6.45, 7) is 2.60. The van der Waals surface area contributed by atoms with E-state index in [2.05, 4.69) is 44.5 Å². The SMILES string of the molecule is COc1cc2ncnc(-c3nnnn3Cc3cccc(C)c3)c2cc1OC. The van der Waals surface area contributed by atoms with E-state index in [1.165, 1.54) is 11.9 Å². The van der Waals surface area contributed by atoms with Gasteiger partial charge in [-0.2, -0.15) is 0 Å². The van der Waals surface area contributed by atoms with Gasteiger partial charge in [-0.15, -0.1) is 5.10 Å². The van der Waals surface area contributed by atoms with Gasteiger partial charge in [-0.05, 0) is 29.0 Å². The van der Waals surface area contributed by atoms with Crippen molar-refractivity contribution in [2.24, 2.45) is 0 Å². The lowest BCUT2D eigenvalue weighted by Gasteiger charge is -2.11. The standard InChI is InChI=1S/C19H18N6O2/c1-12-5-4-6-13(7-12)10-25-19(22-23-24-25)18-14-8-16(26-2)17(27-3)9-15(14)20-11-21-18/h4-9,11H,10H2,1-3H3. The van der Waals surface area contributed by atoms with Crippen LogP contribution in [0.4, 0.5) is 0 Å². The first-order valence-electron chi connectivity index (χ1n) is 8.38. The second-order valence-corrected chi connectivity index (χ2v) is 6.10. The van der Waals surface area contributed by atoms with E-state index >= 15 is 0 Å². The van der Waals surface area contributed by atoms with Crippen LogP contribution < -0.4 is 9.47 Å². The van der Waals surface area contributed by atoms with E-state index in [9.17, 15) is 0 Å². The number of aromatic nitrogens is 6. The van der Waals surface area contributed by atoms with Crippen LogP contribution in [0, 0.1) is 6.92 Å². The van der Waals surface area contributed by atoms with E-state index < -0.39 is 0 Å². The molecule has 0 unspecified atom stereocenters. The average Bonchev–Trinajstić information content (AvgIpc) is 3.14. The molecule has 0 bridgehead atoms. The Morgan fingerprint density at radius 2 is 1.81 bits per heavy atom. The van der Waals surface area contributed by atoms with Crippen molar-refractivity contribution in [3.8, 4) is 23.0 Å². The van der Waals surface area contributed by atoms with Crippen LogP contribution >= 0.6 is 0 Å². The van der Waals surface area contributed by atoms with Crippen molar-refractivity contribution in [2.75, 3.05) is 14.2 Å². The normalized spacial score (nSPS) is 10.9. The Labute approximate surface area is 155 Å². The van der Waals surface area contributed by atoms with Crippen LogP contribution in [0.3, 0.4) is 0 Å². The van der Waals surface area contributed by atoms with E-state index in [1.807, 2.05) is 24.3 Å². The summed E-state index contributed by atoms with van der Waals surface area (Å²) in [7, 11) is 3.18. The lowest BCUT2D eigenvalue weighted by Crippen LogP contribution is -2.06. The largest absolute Gasteiger partial charge is 0.493 e. The molecule has 0 fully saturated rings. The molecule has 2 heterocycles. The maximum absolute atomic E-state index is 5.42. The van der Waals surface area contributed by atoms with Crippen molar-refractivity contribution in [1.82, 2.24) is 30.2 Å². The number of ether oxygens (including phenoxy) is 2. The summed E-state index contributed by atoms with van der Waals surface area (Å²) in [6, 6.07) is 11.9. The van der Waals surface area contributed by atoms with Gasteiger partial charge < -0.3 is 9.47 Å². The quantitative estimate of drug-likeness (QED) is 0.539. The molecule has 8 nitrogen and oxygen atoms in total. The van der Waals surface area contributed by atoms with Crippen molar-refractivity contribution in [3.05, 3.63) is 53.9 Å². The van der Waals surface area contributed by atoms with E-state index in [1.54, 1.807) is 18.9 Å². The third kappa shape index (κ3) is 3.17. The van der Waals surface area contributed by atoms with Gasteiger partial charge in [0.05, 0.1) is 26.3 Å². The molecule has 0 N–H and O–H groups in total. The van der Waals surface area contributed by atoms with Crippen molar-refractivity contribution < 1.29 is 9.47 Å². The van der Waals surface area contributed by atoms with E-state index in [-0.39, 0.29) is 0 Å². The van der Waals surface area contributed by atoms with Crippen LogP contribution in [-0.2, 0) is 6.54 Å². The highest BCUT2D eigenvalue weighted by molar-refractivity contribution is 5.92. The van der Waals surface area contributed by atoms with Crippen molar-refractivity contribution in [3.63, 3.8) is 0 Å². The van der Waals surface area contributed by atoms with E-state index in [0.29, 0.717) is 29.6 Å². The number of nitrogens with zero attached hydrogens (tertiary/aromatic N) is 6. The average molecular weight is 362 g/mol. The first-order chi connectivity index (χ1) is 13.2. The predicted octanol–water partition coefficient (Wildman–Crippen LogP) is 2.66. The lowest BCUT2D eigenvalue weighted by atomic mass is 10.1. The topological polar surface area (TPSA) is 87.8 Å². The van der Waals surface area contributed by atoms with Crippen LogP contribution in [0.15, 0.2) is 42.7 Å². The van der Waals surface area contributed by atoms with Gasteiger partial charge in [-0.1, -0.05) is 29.8 Å². The first kappa shape index (κ1) is 16.9. The predicted molar refractivity (Wildman–Crippen MR) is 99.7 cm³/mol. The number of benzene rings is 2. The van der Waals surface area contributed by atoms with Crippen molar-refractivity contribution in [2.45, 2.75) is 13.5 Å². The third-order valence-electron chi connectivity index (χ3n) is 4.30. The van der Waals surface area contributed by atoms with Crippen molar-refractivity contribution >= 4 is 10.9 Å². The second kappa shape index (κ2) is 6.99. The monoisotopic (exact) mass is 362 g/mol. The van der Waals surface area contributed by atoms with E-state index in [4.69, 9.17) is 9.47 Å². The van der Waals surface area contributed by atoms with Gasteiger partial charge in [-0.25, -0.2) is 14.6 Å². The highest BCUT2D eigenvalue weighted by Crippen LogP contribution is 2.34. The summed E-state index contributed by atoms with van der Waals surface area (Å²) in [5.41, 5.74) is 3.66. The zero-order valence-electron chi connectivity index (χ0n) is 15.2. The summed E-state index contributed by atoms with van der Waals surface area (Å²) in [6.07, 6.45) is 1.50. The number of tetrazole rings is 1. The van der Waals surface area contributed by atoms with Crippen LogP contribution in [0.2, 0.25) is 0 Å². The molecule has 0 radical (unpaired) electrons. The summed E-state index contributed by atoms with van der Waals surface area (Å²) >= 11 is 0. The fraction of sp³-hybridized carbons (Fsp3) is 0.211. The molecular formula is C19H18N6O2. The Balaban J connectivity index is 1.83. The molecule has 0 aliphatic carbocycles. The summed E-state index contributed by atoms with van der Waals surface area (Å²) < 4.78 is 12.5. The van der Waals surface area contributed by atoms with Crippen LogP contribution in [0.1, 0.15) is 11.1 Å². The fourth-order valence-corrected chi connectivity index (χ4v) is 3.03. The van der Waals surface area contributed by atoms with Gasteiger partial charge >= 0.3 is 0 Å². The Morgan fingerprint density at radius 1 is 1.00 bits per heavy atom. The van der Waals surface area contributed by atoms with Gasteiger partial charge in [0.2, 0.25) is 5.82 Å². The molecule has 0 atom stereocenters. The minimum absolute atomic E-state index is 0.544. The Hall–Kier alpha value is -3.55. The minimum atomic E-state index is 0.544.